The van der Waals surface area contributed by atoms with Crippen molar-refractivity contribution in [2.45, 2.75) is 39.2 Å². The van der Waals surface area contributed by atoms with Crippen molar-refractivity contribution in [3.05, 3.63) is 66.9 Å². The number of nitrogens with one attached hydrogen (secondary N) is 1. The van der Waals surface area contributed by atoms with Gasteiger partial charge in [0, 0.05) is 12.4 Å². The maximum atomic E-state index is 12.4. The van der Waals surface area contributed by atoms with Gasteiger partial charge in [0.25, 0.3) is 5.91 Å². The van der Waals surface area contributed by atoms with E-state index in [2.05, 4.69) is 42.1 Å². The molecule has 3 aromatic rings. The average Bonchev–Trinajstić information content (AvgIpc) is 3.16. The van der Waals surface area contributed by atoms with E-state index in [4.69, 9.17) is 4.74 Å². The van der Waals surface area contributed by atoms with Crippen LogP contribution in [0.3, 0.4) is 0 Å². The number of hydrogen-bond donors (Lipinski definition) is 1. The molecule has 2 heterocycles. The Hall–Kier alpha value is -3.15. The SMILES string of the molecule is C[C@@H](Oc1cccc(C(C)(C)C)c1)C(=O)Nc1ccc(-n2ccnc2)nc1. The van der Waals surface area contributed by atoms with Gasteiger partial charge in [-0.1, -0.05) is 32.9 Å². The molecule has 0 unspecified atom stereocenters. The van der Waals surface area contributed by atoms with Crippen molar-refractivity contribution in [1.82, 2.24) is 14.5 Å². The third-order valence-electron chi connectivity index (χ3n) is 4.17. The van der Waals surface area contributed by atoms with Crippen molar-refractivity contribution in [2.75, 3.05) is 5.32 Å². The molecule has 140 valence electrons. The number of amides is 1. The summed E-state index contributed by atoms with van der Waals surface area (Å²) in [4.78, 5) is 20.7. The van der Waals surface area contributed by atoms with Crippen LogP contribution in [0.2, 0.25) is 0 Å². The maximum absolute atomic E-state index is 12.4. The normalized spacial score (nSPS) is 12.4. The highest BCUT2D eigenvalue weighted by Gasteiger charge is 2.18. The molecule has 1 atom stereocenters. The second-order valence-corrected chi connectivity index (χ2v) is 7.40. The number of nitrogens with zero attached hydrogens (tertiary/aromatic N) is 3. The smallest absolute Gasteiger partial charge is 0.265 e. The molecule has 0 fully saturated rings. The molecule has 0 saturated carbocycles. The van der Waals surface area contributed by atoms with Gasteiger partial charge in [0.1, 0.15) is 17.9 Å². The van der Waals surface area contributed by atoms with Gasteiger partial charge in [-0.15, -0.1) is 0 Å². The van der Waals surface area contributed by atoms with E-state index >= 15 is 0 Å². The molecule has 6 nitrogen and oxygen atoms in total. The van der Waals surface area contributed by atoms with Crippen LogP contribution >= 0.6 is 0 Å². The Morgan fingerprint density at radius 1 is 1.22 bits per heavy atom. The van der Waals surface area contributed by atoms with Gasteiger partial charge in [-0.05, 0) is 42.2 Å². The number of aromatic nitrogens is 3. The maximum Gasteiger partial charge on any atom is 0.265 e. The lowest BCUT2D eigenvalue weighted by atomic mass is 9.87. The van der Waals surface area contributed by atoms with E-state index < -0.39 is 6.10 Å². The van der Waals surface area contributed by atoms with Gasteiger partial charge in [0.2, 0.25) is 0 Å². The summed E-state index contributed by atoms with van der Waals surface area (Å²) in [5.41, 5.74) is 1.79. The highest BCUT2D eigenvalue weighted by molar-refractivity contribution is 5.94. The van der Waals surface area contributed by atoms with E-state index in [1.807, 2.05) is 30.5 Å². The fraction of sp³-hybridized carbons (Fsp3) is 0.286. The summed E-state index contributed by atoms with van der Waals surface area (Å²) in [7, 11) is 0. The minimum absolute atomic E-state index is 0.0213. The van der Waals surface area contributed by atoms with Gasteiger partial charge in [-0.25, -0.2) is 9.97 Å². The van der Waals surface area contributed by atoms with Crippen molar-refractivity contribution in [2.24, 2.45) is 0 Å². The third-order valence-corrected chi connectivity index (χ3v) is 4.17. The highest BCUT2D eigenvalue weighted by atomic mass is 16.5. The fourth-order valence-electron chi connectivity index (χ4n) is 2.54. The van der Waals surface area contributed by atoms with E-state index in [1.165, 1.54) is 0 Å². The van der Waals surface area contributed by atoms with E-state index in [0.717, 1.165) is 11.4 Å². The first kappa shape index (κ1) is 18.6. The molecule has 1 amide bonds. The van der Waals surface area contributed by atoms with E-state index in [-0.39, 0.29) is 11.3 Å². The van der Waals surface area contributed by atoms with Crippen LogP contribution in [-0.2, 0) is 10.2 Å². The number of hydrogen-bond acceptors (Lipinski definition) is 4. The number of pyridine rings is 1. The summed E-state index contributed by atoms with van der Waals surface area (Å²) < 4.78 is 7.61. The van der Waals surface area contributed by atoms with Crippen LogP contribution in [0.1, 0.15) is 33.3 Å². The Bertz CT molecular complexity index is 897. The topological polar surface area (TPSA) is 69.0 Å². The molecule has 0 spiro atoms. The molecule has 0 radical (unpaired) electrons. The summed E-state index contributed by atoms with van der Waals surface area (Å²) in [5.74, 6) is 1.18. The summed E-state index contributed by atoms with van der Waals surface area (Å²) in [6.07, 6.45) is 6.14. The summed E-state index contributed by atoms with van der Waals surface area (Å²) in [6.45, 7) is 8.15. The van der Waals surface area contributed by atoms with Crippen LogP contribution in [0, 0.1) is 0 Å². The second-order valence-electron chi connectivity index (χ2n) is 7.40. The molecule has 6 heteroatoms. The van der Waals surface area contributed by atoms with Crippen molar-refractivity contribution < 1.29 is 9.53 Å². The van der Waals surface area contributed by atoms with Crippen molar-refractivity contribution >= 4 is 11.6 Å². The average molecular weight is 364 g/mol. The van der Waals surface area contributed by atoms with Gasteiger partial charge < -0.3 is 10.1 Å². The first-order valence-corrected chi connectivity index (χ1v) is 8.85. The second kappa shape index (κ2) is 7.61. The Labute approximate surface area is 159 Å². The number of ether oxygens (including phenoxy) is 1. The summed E-state index contributed by atoms with van der Waals surface area (Å²) >= 11 is 0. The van der Waals surface area contributed by atoms with E-state index in [9.17, 15) is 4.79 Å². The Morgan fingerprint density at radius 3 is 2.67 bits per heavy atom. The third kappa shape index (κ3) is 4.73. The van der Waals surface area contributed by atoms with Crippen LogP contribution in [0.25, 0.3) is 5.82 Å². The van der Waals surface area contributed by atoms with Gasteiger partial charge in [0.15, 0.2) is 6.10 Å². The van der Waals surface area contributed by atoms with Crippen LogP contribution in [-0.4, -0.2) is 26.5 Å². The van der Waals surface area contributed by atoms with Gasteiger partial charge >= 0.3 is 0 Å². The van der Waals surface area contributed by atoms with Crippen LogP contribution in [0.5, 0.6) is 5.75 Å². The zero-order valence-corrected chi connectivity index (χ0v) is 16.0. The Balaban J connectivity index is 1.62. The number of carbonyl (C=O) groups excluding carboxylic acids is 1. The number of benzene rings is 1. The lowest BCUT2D eigenvalue weighted by Gasteiger charge is -2.21. The van der Waals surface area contributed by atoms with E-state index in [1.54, 1.807) is 36.3 Å². The lowest BCUT2D eigenvalue weighted by molar-refractivity contribution is -0.122. The first-order valence-electron chi connectivity index (χ1n) is 8.85. The lowest BCUT2D eigenvalue weighted by Crippen LogP contribution is -2.30. The monoisotopic (exact) mass is 364 g/mol. The zero-order valence-electron chi connectivity index (χ0n) is 16.0. The highest BCUT2D eigenvalue weighted by Crippen LogP contribution is 2.26. The fourth-order valence-corrected chi connectivity index (χ4v) is 2.54. The summed E-state index contributed by atoms with van der Waals surface area (Å²) in [6, 6.07) is 11.5. The largest absolute Gasteiger partial charge is 0.481 e. The summed E-state index contributed by atoms with van der Waals surface area (Å²) in [5, 5.41) is 2.83. The molecule has 1 aromatic carbocycles. The molecule has 0 aliphatic rings. The van der Waals surface area contributed by atoms with Gasteiger partial charge in [-0.3, -0.25) is 9.36 Å². The molecule has 27 heavy (non-hydrogen) atoms. The van der Waals surface area contributed by atoms with E-state index in [0.29, 0.717) is 11.4 Å². The first-order chi connectivity index (χ1) is 12.8. The van der Waals surface area contributed by atoms with Gasteiger partial charge in [0.05, 0.1) is 11.9 Å². The Morgan fingerprint density at radius 2 is 2.04 bits per heavy atom. The molecule has 2 aromatic heterocycles. The van der Waals surface area contributed by atoms with Crippen LogP contribution in [0.15, 0.2) is 61.3 Å². The molecular formula is C21H24N4O2. The van der Waals surface area contributed by atoms with Crippen LogP contribution < -0.4 is 10.1 Å². The van der Waals surface area contributed by atoms with Crippen LogP contribution in [0.4, 0.5) is 5.69 Å². The Kier molecular flexibility index (Phi) is 5.26. The van der Waals surface area contributed by atoms with Crippen molar-refractivity contribution in [1.29, 1.82) is 0 Å². The van der Waals surface area contributed by atoms with Gasteiger partial charge in [-0.2, -0.15) is 0 Å². The zero-order chi connectivity index (χ0) is 19.4. The minimum atomic E-state index is -0.631. The number of carbonyl (C=O) groups is 1. The van der Waals surface area contributed by atoms with Crippen molar-refractivity contribution in [3.8, 4) is 11.6 Å². The number of anilines is 1. The minimum Gasteiger partial charge on any atom is -0.481 e. The molecule has 0 aliphatic heterocycles. The predicted octanol–water partition coefficient (Wildman–Crippen LogP) is 3.97. The predicted molar refractivity (Wildman–Crippen MR) is 105 cm³/mol. The number of rotatable bonds is 5. The molecule has 3 rings (SSSR count). The number of imidazole rings is 1. The van der Waals surface area contributed by atoms with Crippen molar-refractivity contribution in [3.63, 3.8) is 0 Å². The molecular weight excluding hydrogens is 340 g/mol. The molecule has 0 aliphatic carbocycles. The molecule has 0 bridgehead atoms. The standard InChI is InChI=1S/C21H24N4O2/c1-15(27-18-7-5-6-16(12-18)21(2,3)4)20(26)24-17-8-9-19(23-13-17)25-11-10-22-14-25/h5-15H,1-4H3,(H,24,26)/t15-/m1/s1. The molecule has 1 N–H and O–H groups in total. The quantitative estimate of drug-likeness (QED) is 0.744. The molecule has 0 saturated heterocycles.